The van der Waals surface area contributed by atoms with Gasteiger partial charge in [-0.3, -0.25) is 4.98 Å². The van der Waals surface area contributed by atoms with Crippen molar-refractivity contribution < 1.29 is 5.11 Å². The Morgan fingerprint density at radius 3 is 2.80 bits per heavy atom. The number of nitrogens with zero attached hydrogens (tertiary/aromatic N) is 1. The molecule has 106 valence electrons. The molecule has 0 amide bonds. The van der Waals surface area contributed by atoms with E-state index in [2.05, 4.69) is 28.5 Å². The van der Waals surface area contributed by atoms with Crippen molar-refractivity contribution in [1.29, 1.82) is 0 Å². The second kappa shape index (κ2) is 5.80. The molecule has 0 radical (unpaired) electrons. The Morgan fingerprint density at radius 2 is 2.00 bits per heavy atom. The molecular formula is C17H22N2O. The van der Waals surface area contributed by atoms with Crippen LogP contribution in [0.25, 0.3) is 10.9 Å². The summed E-state index contributed by atoms with van der Waals surface area (Å²) in [7, 11) is 0. The molecule has 1 aromatic heterocycles. The van der Waals surface area contributed by atoms with Crippen molar-refractivity contribution in [2.45, 2.75) is 32.1 Å². The fraction of sp³-hybridized carbons (Fsp3) is 0.471. The van der Waals surface area contributed by atoms with Crippen molar-refractivity contribution >= 4 is 16.6 Å². The highest BCUT2D eigenvalue weighted by Gasteiger charge is 2.30. The molecule has 3 rings (SSSR count). The third kappa shape index (κ3) is 2.78. The Labute approximate surface area is 120 Å². The van der Waals surface area contributed by atoms with E-state index in [4.69, 9.17) is 0 Å². The lowest BCUT2D eigenvalue weighted by Crippen LogP contribution is -2.35. The first-order valence-corrected chi connectivity index (χ1v) is 7.51. The fourth-order valence-electron chi connectivity index (χ4n) is 3.17. The van der Waals surface area contributed by atoms with E-state index in [1.807, 2.05) is 18.3 Å². The van der Waals surface area contributed by atoms with Crippen molar-refractivity contribution in [3.63, 3.8) is 0 Å². The molecule has 2 aromatic rings. The molecule has 3 nitrogen and oxygen atoms in total. The molecule has 1 aliphatic carbocycles. The fourth-order valence-corrected chi connectivity index (χ4v) is 3.17. The smallest absolute Gasteiger partial charge is 0.0703 e. The first-order valence-electron chi connectivity index (χ1n) is 7.51. The number of rotatable bonds is 4. The summed E-state index contributed by atoms with van der Waals surface area (Å²) in [6.45, 7) is 1.14. The predicted molar refractivity (Wildman–Crippen MR) is 82.8 cm³/mol. The van der Waals surface area contributed by atoms with Gasteiger partial charge in [0.25, 0.3) is 0 Å². The standard InChI is InChI=1S/C17H22N2O/c20-13-17(8-2-1-3-9-17)12-19-15-6-7-16-14(11-15)5-4-10-18-16/h4-7,10-11,19-20H,1-3,8-9,12-13H2. The van der Waals surface area contributed by atoms with Crippen LogP contribution in [0.15, 0.2) is 36.5 Å². The minimum absolute atomic E-state index is 0.0716. The Bertz CT molecular complexity index is 576. The van der Waals surface area contributed by atoms with Crippen molar-refractivity contribution in [1.82, 2.24) is 4.98 Å². The number of nitrogens with one attached hydrogen (secondary N) is 1. The zero-order valence-electron chi connectivity index (χ0n) is 11.8. The van der Waals surface area contributed by atoms with E-state index >= 15 is 0 Å². The van der Waals surface area contributed by atoms with Crippen LogP contribution in [0.2, 0.25) is 0 Å². The lowest BCUT2D eigenvalue weighted by molar-refractivity contribution is 0.0944. The largest absolute Gasteiger partial charge is 0.396 e. The van der Waals surface area contributed by atoms with Gasteiger partial charge in [0, 0.05) is 29.2 Å². The van der Waals surface area contributed by atoms with Gasteiger partial charge < -0.3 is 10.4 Å². The monoisotopic (exact) mass is 270 g/mol. The number of anilines is 1. The normalized spacial score (nSPS) is 18.1. The summed E-state index contributed by atoms with van der Waals surface area (Å²) in [6.07, 6.45) is 7.87. The number of aromatic nitrogens is 1. The van der Waals surface area contributed by atoms with Gasteiger partial charge in [-0.15, -0.1) is 0 Å². The molecule has 0 saturated heterocycles. The molecule has 0 spiro atoms. The molecule has 1 aliphatic rings. The second-order valence-electron chi connectivity index (χ2n) is 5.98. The lowest BCUT2D eigenvalue weighted by Gasteiger charge is -2.36. The number of fused-ring (bicyclic) bond motifs is 1. The molecule has 3 heteroatoms. The van der Waals surface area contributed by atoms with Gasteiger partial charge in [0.05, 0.1) is 12.1 Å². The minimum atomic E-state index is 0.0716. The van der Waals surface area contributed by atoms with Crippen LogP contribution in [0.4, 0.5) is 5.69 Å². The van der Waals surface area contributed by atoms with Gasteiger partial charge in [0.15, 0.2) is 0 Å². The molecule has 1 heterocycles. The third-order valence-electron chi connectivity index (χ3n) is 4.52. The first-order chi connectivity index (χ1) is 9.81. The molecule has 2 N–H and O–H groups in total. The SMILES string of the molecule is OCC1(CNc2ccc3ncccc3c2)CCCCC1. The van der Waals surface area contributed by atoms with Crippen LogP contribution in [0, 0.1) is 5.41 Å². The van der Waals surface area contributed by atoms with Gasteiger partial charge in [0.1, 0.15) is 0 Å². The zero-order chi connectivity index (χ0) is 13.8. The van der Waals surface area contributed by atoms with E-state index in [0.29, 0.717) is 0 Å². The molecule has 1 saturated carbocycles. The van der Waals surface area contributed by atoms with Crippen molar-refractivity contribution in [2.24, 2.45) is 5.41 Å². The zero-order valence-corrected chi connectivity index (χ0v) is 11.8. The number of hydrogen-bond donors (Lipinski definition) is 2. The van der Waals surface area contributed by atoms with E-state index in [1.165, 1.54) is 19.3 Å². The summed E-state index contributed by atoms with van der Waals surface area (Å²) in [5, 5.41) is 14.4. The molecule has 20 heavy (non-hydrogen) atoms. The summed E-state index contributed by atoms with van der Waals surface area (Å²) >= 11 is 0. The van der Waals surface area contributed by atoms with Gasteiger partial charge in [-0.1, -0.05) is 25.3 Å². The Balaban J connectivity index is 1.72. The lowest BCUT2D eigenvalue weighted by atomic mass is 9.74. The van der Waals surface area contributed by atoms with Crippen LogP contribution >= 0.6 is 0 Å². The number of hydrogen-bond acceptors (Lipinski definition) is 3. The van der Waals surface area contributed by atoms with Crippen LogP contribution in [0.5, 0.6) is 0 Å². The molecule has 0 bridgehead atoms. The molecule has 1 fully saturated rings. The minimum Gasteiger partial charge on any atom is -0.396 e. The van der Waals surface area contributed by atoms with Crippen LogP contribution in [-0.4, -0.2) is 23.2 Å². The van der Waals surface area contributed by atoms with Crippen LogP contribution < -0.4 is 5.32 Å². The quantitative estimate of drug-likeness (QED) is 0.892. The summed E-state index contributed by atoms with van der Waals surface area (Å²) in [5.41, 5.74) is 2.21. The Morgan fingerprint density at radius 1 is 1.15 bits per heavy atom. The molecule has 0 unspecified atom stereocenters. The van der Waals surface area contributed by atoms with Crippen molar-refractivity contribution in [2.75, 3.05) is 18.5 Å². The maximum Gasteiger partial charge on any atom is 0.0703 e. The average Bonchev–Trinajstić information content (AvgIpc) is 2.54. The highest BCUT2D eigenvalue weighted by Crippen LogP contribution is 2.36. The van der Waals surface area contributed by atoms with E-state index in [0.717, 1.165) is 36.0 Å². The number of aliphatic hydroxyl groups is 1. The van der Waals surface area contributed by atoms with Crippen molar-refractivity contribution in [3.05, 3.63) is 36.5 Å². The van der Waals surface area contributed by atoms with Crippen LogP contribution in [-0.2, 0) is 0 Å². The molecule has 1 aromatic carbocycles. The highest BCUT2D eigenvalue weighted by atomic mass is 16.3. The molecular weight excluding hydrogens is 248 g/mol. The Hall–Kier alpha value is -1.61. The highest BCUT2D eigenvalue weighted by molar-refractivity contribution is 5.82. The second-order valence-corrected chi connectivity index (χ2v) is 5.98. The van der Waals surface area contributed by atoms with E-state index in [-0.39, 0.29) is 12.0 Å². The van der Waals surface area contributed by atoms with E-state index in [9.17, 15) is 5.11 Å². The summed E-state index contributed by atoms with van der Waals surface area (Å²) in [4.78, 5) is 4.33. The van der Waals surface area contributed by atoms with Gasteiger partial charge in [0.2, 0.25) is 0 Å². The van der Waals surface area contributed by atoms with Crippen molar-refractivity contribution in [3.8, 4) is 0 Å². The summed E-state index contributed by atoms with van der Waals surface area (Å²) < 4.78 is 0. The molecule has 0 aliphatic heterocycles. The third-order valence-corrected chi connectivity index (χ3v) is 4.52. The summed E-state index contributed by atoms with van der Waals surface area (Å²) in [6, 6.07) is 10.3. The maximum absolute atomic E-state index is 9.74. The van der Waals surface area contributed by atoms with Gasteiger partial charge in [-0.05, 0) is 37.1 Å². The number of aliphatic hydroxyl groups excluding tert-OH is 1. The van der Waals surface area contributed by atoms with Crippen LogP contribution in [0.1, 0.15) is 32.1 Å². The van der Waals surface area contributed by atoms with Gasteiger partial charge in [-0.25, -0.2) is 0 Å². The Kier molecular flexibility index (Phi) is 3.88. The van der Waals surface area contributed by atoms with Gasteiger partial charge >= 0.3 is 0 Å². The van der Waals surface area contributed by atoms with Gasteiger partial charge in [-0.2, -0.15) is 0 Å². The average molecular weight is 270 g/mol. The predicted octanol–water partition coefficient (Wildman–Crippen LogP) is 3.59. The number of benzene rings is 1. The molecule has 0 atom stereocenters. The number of pyridine rings is 1. The summed E-state index contributed by atoms with van der Waals surface area (Å²) in [5.74, 6) is 0. The maximum atomic E-state index is 9.74. The van der Waals surface area contributed by atoms with Crippen LogP contribution in [0.3, 0.4) is 0 Å². The topological polar surface area (TPSA) is 45.1 Å². The van der Waals surface area contributed by atoms with E-state index in [1.54, 1.807) is 0 Å². The first kappa shape index (κ1) is 13.4. The van der Waals surface area contributed by atoms with E-state index < -0.39 is 0 Å².